The molecule has 2 unspecified atom stereocenters. The summed E-state index contributed by atoms with van der Waals surface area (Å²) in [5, 5.41) is 0. The lowest BCUT2D eigenvalue weighted by molar-refractivity contribution is -0.146. The van der Waals surface area contributed by atoms with E-state index in [1.807, 2.05) is 19.9 Å². The minimum atomic E-state index is -0.463. The van der Waals surface area contributed by atoms with E-state index in [4.69, 9.17) is 14.2 Å². The lowest BCUT2D eigenvalue weighted by Gasteiger charge is -2.19. The van der Waals surface area contributed by atoms with E-state index in [1.165, 1.54) is 51.4 Å². The Hall–Kier alpha value is -0.380. The van der Waals surface area contributed by atoms with Gasteiger partial charge in [0.15, 0.2) is 5.79 Å². The summed E-state index contributed by atoms with van der Waals surface area (Å²) in [6.45, 7) is 11.2. The Kier molecular flexibility index (Phi) is 10.0. The van der Waals surface area contributed by atoms with Gasteiger partial charge in [-0.3, -0.25) is 0 Å². The van der Waals surface area contributed by atoms with E-state index in [-0.39, 0.29) is 12.2 Å². The highest BCUT2D eigenvalue weighted by molar-refractivity contribution is 4.81. The number of ether oxygens (including phenoxy) is 3. The van der Waals surface area contributed by atoms with Crippen LogP contribution in [0.1, 0.15) is 78.6 Å². The topological polar surface area (TPSA) is 27.7 Å². The van der Waals surface area contributed by atoms with Crippen LogP contribution in [0.4, 0.5) is 0 Å². The molecular formula is C19H36O3. The van der Waals surface area contributed by atoms with Crippen molar-refractivity contribution in [3.05, 3.63) is 12.7 Å². The van der Waals surface area contributed by atoms with Crippen LogP contribution in [0, 0.1) is 0 Å². The number of unbranched alkanes of at least 4 members (excludes halogenated alkanes) is 7. The van der Waals surface area contributed by atoms with Gasteiger partial charge in [0.1, 0.15) is 6.10 Å². The first-order chi connectivity index (χ1) is 10.6. The van der Waals surface area contributed by atoms with Gasteiger partial charge in [0.05, 0.1) is 19.3 Å². The average Bonchev–Trinajstić information content (AvgIpc) is 2.84. The average molecular weight is 312 g/mol. The Balaban J connectivity index is 1.99. The molecule has 0 aliphatic carbocycles. The van der Waals surface area contributed by atoms with Crippen LogP contribution >= 0.6 is 0 Å². The highest BCUT2D eigenvalue weighted by Crippen LogP contribution is 2.23. The van der Waals surface area contributed by atoms with Gasteiger partial charge in [-0.2, -0.15) is 0 Å². The van der Waals surface area contributed by atoms with Gasteiger partial charge >= 0.3 is 0 Å². The molecule has 0 N–H and O–H groups in total. The van der Waals surface area contributed by atoms with Crippen LogP contribution < -0.4 is 0 Å². The molecule has 3 nitrogen and oxygen atoms in total. The third-order valence-corrected chi connectivity index (χ3v) is 4.17. The van der Waals surface area contributed by atoms with Crippen LogP contribution in [0.25, 0.3) is 0 Å². The largest absolute Gasteiger partial charge is 0.371 e. The molecule has 0 aromatic carbocycles. The molecule has 1 heterocycles. The summed E-state index contributed by atoms with van der Waals surface area (Å²) in [4.78, 5) is 0. The van der Waals surface area contributed by atoms with Crippen molar-refractivity contribution in [2.45, 2.75) is 96.6 Å². The molecule has 3 heteroatoms. The van der Waals surface area contributed by atoms with Crippen LogP contribution in [0.5, 0.6) is 0 Å². The van der Waals surface area contributed by atoms with Crippen molar-refractivity contribution in [2.75, 3.05) is 13.2 Å². The molecule has 1 saturated heterocycles. The zero-order chi connectivity index (χ0) is 16.3. The van der Waals surface area contributed by atoms with E-state index in [0.29, 0.717) is 13.2 Å². The maximum atomic E-state index is 5.91. The summed E-state index contributed by atoms with van der Waals surface area (Å²) in [5.74, 6) is -0.463. The summed E-state index contributed by atoms with van der Waals surface area (Å²) in [6, 6.07) is 0. The number of hydrogen-bond acceptors (Lipinski definition) is 3. The molecule has 130 valence electrons. The first kappa shape index (κ1) is 19.7. The summed E-state index contributed by atoms with van der Waals surface area (Å²) >= 11 is 0. The van der Waals surface area contributed by atoms with Crippen molar-refractivity contribution in [1.82, 2.24) is 0 Å². The third-order valence-electron chi connectivity index (χ3n) is 4.17. The van der Waals surface area contributed by atoms with Gasteiger partial charge in [-0.05, 0) is 20.3 Å². The molecule has 1 rings (SSSR count). The molecule has 0 aromatic rings. The van der Waals surface area contributed by atoms with Crippen LogP contribution in [0.3, 0.4) is 0 Å². The normalized spacial score (nSPS) is 21.9. The Morgan fingerprint density at radius 3 is 2.32 bits per heavy atom. The summed E-state index contributed by atoms with van der Waals surface area (Å²) < 4.78 is 17.2. The second-order valence-electron chi connectivity index (χ2n) is 6.82. The zero-order valence-electron chi connectivity index (χ0n) is 14.9. The van der Waals surface area contributed by atoms with Crippen LogP contribution in [0.2, 0.25) is 0 Å². The molecular weight excluding hydrogens is 276 g/mol. The predicted octanol–water partition coefficient (Wildman–Crippen LogP) is 5.24. The molecule has 1 fully saturated rings. The van der Waals surface area contributed by atoms with Gasteiger partial charge in [-0.25, -0.2) is 0 Å². The molecule has 0 amide bonds. The van der Waals surface area contributed by atoms with Gasteiger partial charge in [-0.1, -0.05) is 64.4 Å². The van der Waals surface area contributed by atoms with Crippen molar-refractivity contribution in [1.29, 1.82) is 0 Å². The molecule has 0 bridgehead atoms. The van der Waals surface area contributed by atoms with E-state index < -0.39 is 5.79 Å². The lowest BCUT2D eigenvalue weighted by atomic mass is 10.1. The molecule has 0 spiro atoms. The monoisotopic (exact) mass is 312 g/mol. The standard InChI is InChI=1S/C19H36O3/c1-5-7-8-9-10-11-12-13-14-17(6-2)20-15-18-16-21-19(3,4)22-18/h6,17-18H,2,5,7-16H2,1,3-4H3. The molecule has 0 radical (unpaired) electrons. The number of hydrogen-bond donors (Lipinski definition) is 0. The highest BCUT2D eigenvalue weighted by Gasteiger charge is 2.32. The van der Waals surface area contributed by atoms with Crippen LogP contribution in [-0.4, -0.2) is 31.2 Å². The lowest BCUT2D eigenvalue weighted by Crippen LogP contribution is -2.26. The third kappa shape index (κ3) is 8.92. The fourth-order valence-electron chi connectivity index (χ4n) is 2.82. The van der Waals surface area contributed by atoms with Gasteiger partial charge in [0.2, 0.25) is 0 Å². The van der Waals surface area contributed by atoms with Crippen LogP contribution in [-0.2, 0) is 14.2 Å². The van der Waals surface area contributed by atoms with Gasteiger partial charge in [0, 0.05) is 0 Å². The van der Waals surface area contributed by atoms with Crippen molar-refractivity contribution in [3.63, 3.8) is 0 Å². The molecule has 0 aromatic heterocycles. The van der Waals surface area contributed by atoms with Gasteiger partial charge in [0.25, 0.3) is 0 Å². The summed E-state index contributed by atoms with van der Waals surface area (Å²) in [5.41, 5.74) is 0. The summed E-state index contributed by atoms with van der Waals surface area (Å²) in [6.07, 6.45) is 13.9. The Bertz CT molecular complexity index is 288. The zero-order valence-corrected chi connectivity index (χ0v) is 14.9. The highest BCUT2D eigenvalue weighted by atomic mass is 16.7. The van der Waals surface area contributed by atoms with E-state index in [1.54, 1.807) is 0 Å². The molecule has 2 atom stereocenters. The van der Waals surface area contributed by atoms with E-state index in [0.717, 1.165) is 6.42 Å². The van der Waals surface area contributed by atoms with Crippen molar-refractivity contribution in [3.8, 4) is 0 Å². The smallest absolute Gasteiger partial charge is 0.163 e. The molecule has 0 saturated carbocycles. The van der Waals surface area contributed by atoms with E-state index >= 15 is 0 Å². The Morgan fingerprint density at radius 2 is 1.77 bits per heavy atom. The molecule has 22 heavy (non-hydrogen) atoms. The first-order valence-electron chi connectivity index (χ1n) is 9.13. The summed E-state index contributed by atoms with van der Waals surface area (Å²) in [7, 11) is 0. The van der Waals surface area contributed by atoms with Crippen molar-refractivity contribution < 1.29 is 14.2 Å². The fraction of sp³-hybridized carbons (Fsp3) is 0.895. The first-order valence-corrected chi connectivity index (χ1v) is 9.13. The maximum Gasteiger partial charge on any atom is 0.163 e. The SMILES string of the molecule is C=CC(CCCCCCCCCC)OCC1COC(C)(C)O1. The Morgan fingerprint density at radius 1 is 1.14 bits per heavy atom. The van der Waals surface area contributed by atoms with E-state index in [2.05, 4.69) is 13.5 Å². The molecule has 1 aliphatic heterocycles. The minimum Gasteiger partial charge on any atom is -0.371 e. The minimum absolute atomic E-state index is 0.0519. The van der Waals surface area contributed by atoms with Crippen molar-refractivity contribution >= 4 is 0 Å². The quantitative estimate of drug-likeness (QED) is 0.344. The Labute approximate surface area is 137 Å². The van der Waals surface area contributed by atoms with Crippen molar-refractivity contribution in [2.24, 2.45) is 0 Å². The van der Waals surface area contributed by atoms with Gasteiger partial charge < -0.3 is 14.2 Å². The maximum absolute atomic E-state index is 5.91. The second-order valence-corrected chi connectivity index (χ2v) is 6.82. The van der Waals surface area contributed by atoms with Crippen LogP contribution in [0.15, 0.2) is 12.7 Å². The second kappa shape index (κ2) is 11.2. The molecule has 1 aliphatic rings. The predicted molar refractivity (Wildman–Crippen MR) is 92.1 cm³/mol. The number of rotatable bonds is 13. The van der Waals surface area contributed by atoms with E-state index in [9.17, 15) is 0 Å². The van der Waals surface area contributed by atoms with Gasteiger partial charge in [-0.15, -0.1) is 6.58 Å². The fourth-order valence-corrected chi connectivity index (χ4v) is 2.82.